The largest absolute Gasteiger partial charge is 0.393 e. The SMILES string of the molecule is O=C1c2ccc(Cl)cc2CCN1c1ccc(C(=O)N2CCC(F)(F)[C@](O)(CO)c3cc(Cl)ccc32)c(F)c1. The second-order valence-corrected chi connectivity index (χ2v) is 10.1. The number of anilines is 2. The fourth-order valence-corrected chi connectivity index (χ4v) is 5.32. The van der Waals surface area contributed by atoms with Gasteiger partial charge in [-0.05, 0) is 66.6 Å². The molecule has 38 heavy (non-hydrogen) atoms. The molecule has 0 radical (unpaired) electrons. The second kappa shape index (κ2) is 9.57. The van der Waals surface area contributed by atoms with Crippen molar-refractivity contribution in [3.8, 4) is 0 Å². The van der Waals surface area contributed by atoms with E-state index in [4.69, 9.17) is 23.2 Å². The number of amides is 2. The highest BCUT2D eigenvalue weighted by atomic mass is 35.5. The van der Waals surface area contributed by atoms with E-state index in [0.29, 0.717) is 17.0 Å². The van der Waals surface area contributed by atoms with E-state index in [1.165, 1.54) is 29.2 Å². The molecule has 0 spiro atoms. The van der Waals surface area contributed by atoms with Crippen LogP contribution in [0.15, 0.2) is 54.6 Å². The summed E-state index contributed by atoms with van der Waals surface area (Å²) in [5.41, 5.74) is -2.53. The zero-order valence-corrected chi connectivity index (χ0v) is 21.2. The van der Waals surface area contributed by atoms with Gasteiger partial charge in [-0.2, -0.15) is 0 Å². The number of benzene rings is 3. The Morgan fingerprint density at radius 3 is 2.42 bits per heavy atom. The van der Waals surface area contributed by atoms with E-state index in [-0.39, 0.29) is 28.8 Å². The number of fused-ring (bicyclic) bond motifs is 2. The molecule has 3 aromatic carbocycles. The van der Waals surface area contributed by atoms with Crippen molar-refractivity contribution in [3.63, 3.8) is 0 Å². The topological polar surface area (TPSA) is 81.1 Å². The lowest BCUT2D eigenvalue weighted by Gasteiger charge is -2.33. The zero-order valence-electron chi connectivity index (χ0n) is 19.7. The molecular weight excluding hydrogens is 544 g/mol. The maximum atomic E-state index is 15.3. The van der Waals surface area contributed by atoms with Gasteiger partial charge in [0.1, 0.15) is 5.82 Å². The molecule has 2 aliphatic rings. The van der Waals surface area contributed by atoms with Crippen molar-refractivity contribution in [2.24, 2.45) is 0 Å². The van der Waals surface area contributed by atoms with Gasteiger partial charge in [0.2, 0.25) is 0 Å². The number of aliphatic hydroxyl groups is 2. The average molecular weight is 565 g/mol. The number of carbonyl (C=O) groups excluding carboxylic acids is 2. The molecule has 3 aromatic rings. The van der Waals surface area contributed by atoms with Gasteiger partial charge in [0.25, 0.3) is 17.7 Å². The Morgan fingerprint density at radius 1 is 1.00 bits per heavy atom. The molecule has 198 valence electrons. The Morgan fingerprint density at radius 2 is 1.71 bits per heavy atom. The zero-order chi connectivity index (χ0) is 27.4. The van der Waals surface area contributed by atoms with Crippen LogP contribution in [-0.2, 0) is 12.0 Å². The molecule has 0 aromatic heterocycles. The third-order valence-electron chi connectivity index (χ3n) is 7.07. The van der Waals surface area contributed by atoms with Crippen LogP contribution in [0.5, 0.6) is 0 Å². The van der Waals surface area contributed by atoms with E-state index >= 15 is 4.39 Å². The van der Waals surface area contributed by atoms with Crippen molar-refractivity contribution in [2.75, 3.05) is 29.5 Å². The molecule has 0 saturated carbocycles. The molecule has 5 rings (SSSR count). The van der Waals surface area contributed by atoms with E-state index in [0.717, 1.165) is 22.6 Å². The van der Waals surface area contributed by atoms with E-state index in [2.05, 4.69) is 0 Å². The number of aliphatic hydroxyl groups excluding tert-OH is 1. The molecule has 0 bridgehead atoms. The molecule has 0 aliphatic carbocycles. The van der Waals surface area contributed by atoms with Gasteiger partial charge in [-0.25, -0.2) is 13.2 Å². The highest BCUT2D eigenvalue weighted by Gasteiger charge is 2.56. The molecule has 2 amide bonds. The number of carbonyl (C=O) groups is 2. The number of alkyl halides is 2. The summed E-state index contributed by atoms with van der Waals surface area (Å²) in [6, 6.07) is 12.2. The van der Waals surface area contributed by atoms with Gasteiger partial charge in [-0.3, -0.25) is 9.59 Å². The predicted molar refractivity (Wildman–Crippen MR) is 137 cm³/mol. The van der Waals surface area contributed by atoms with Crippen LogP contribution in [0.3, 0.4) is 0 Å². The van der Waals surface area contributed by atoms with Crippen LogP contribution in [0, 0.1) is 5.82 Å². The first kappa shape index (κ1) is 26.5. The van der Waals surface area contributed by atoms with Gasteiger partial charge in [0.05, 0.1) is 17.9 Å². The van der Waals surface area contributed by atoms with Crippen molar-refractivity contribution in [1.82, 2.24) is 0 Å². The van der Waals surface area contributed by atoms with Crippen molar-refractivity contribution >= 4 is 46.4 Å². The third kappa shape index (κ3) is 4.23. The van der Waals surface area contributed by atoms with Crippen molar-refractivity contribution < 1.29 is 33.0 Å². The summed E-state index contributed by atoms with van der Waals surface area (Å²) in [7, 11) is 0. The van der Waals surface area contributed by atoms with E-state index in [1.807, 2.05) is 0 Å². The molecule has 2 N–H and O–H groups in total. The van der Waals surface area contributed by atoms with E-state index < -0.39 is 53.9 Å². The molecule has 0 saturated heterocycles. The third-order valence-corrected chi connectivity index (χ3v) is 7.54. The Bertz CT molecular complexity index is 1470. The molecule has 0 unspecified atom stereocenters. The summed E-state index contributed by atoms with van der Waals surface area (Å²) in [5, 5.41) is 21.0. The average Bonchev–Trinajstić information content (AvgIpc) is 2.96. The van der Waals surface area contributed by atoms with E-state index in [1.54, 1.807) is 18.2 Å². The maximum absolute atomic E-state index is 15.3. The lowest BCUT2D eigenvalue weighted by molar-refractivity contribution is -0.205. The molecule has 6 nitrogen and oxygen atoms in total. The first-order valence-corrected chi connectivity index (χ1v) is 12.5. The van der Waals surface area contributed by atoms with Crippen LogP contribution >= 0.6 is 23.2 Å². The predicted octanol–water partition coefficient (Wildman–Crippen LogP) is 5.20. The quantitative estimate of drug-likeness (QED) is 0.458. The van der Waals surface area contributed by atoms with Gasteiger partial charge in [0.15, 0.2) is 5.60 Å². The Hall–Kier alpha value is -3.11. The van der Waals surface area contributed by atoms with Gasteiger partial charge >= 0.3 is 0 Å². The monoisotopic (exact) mass is 564 g/mol. The molecular formula is C27H21Cl2F3N2O4. The van der Waals surface area contributed by atoms with Gasteiger partial charge in [-0.15, -0.1) is 0 Å². The van der Waals surface area contributed by atoms with Crippen LogP contribution in [-0.4, -0.2) is 47.6 Å². The summed E-state index contributed by atoms with van der Waals surface area (Å²) >= 11 is 12.0. The maximum Gasteiger partial charge on any atom is 0.284 e. The van der Waals surface area contributed by atoms with Crippen LogP contribution < -0.4 is 9.80 Å². The highest BCUT2D eigenvalue weighted by molar-refractivity contribution is 6.31. The fourth-order valence-electron chi connectivity index (χ4n) is 4.96. The van der Waals surface area contributed by atoms with Crippen molar-refractivity contribution in [3.05, 3.63) is 92.7 Å². The standard InChI is InChI=1S/C27H21Cl2F3N2O4/c28-16-1-4-19-15(11-16)7-9-33(24(19)36)18-3-5-20(22(30)13-18)25(37)34-10-8-27(31,32)26(38,14-35)21-12-17(29)2-6-23(21)34/h1-6,11-13,35,38H,7-10,14H2/t26-/m0/s1. The minimum atomic E-state index is -3.81. The number of nitrogens with zero attached hydrogens (tertiary/aromatic N) is 2. The van der Waals surface area contributed by atoms with Gasteiger partial charge in [0, 0.05) is 46.4 Å². The number of halogens is 5. The molecule has 2 heterocycles. The minimum absolute atomic E-state index is 0.00583. The highest BCUT2D eigenvalue weighted by Crippen LogP contribution is 2.47. The smallest absolute Gasteiger partial charge is 0.284 e. The molecule has 2 aliphatic heterocycles. The summed E-state index contributed by atoms with van der Waals surface area (Å²) in [6.07, 6.45) is -0.494. The van der Waals surface area contributed by atoms with Crippen molar-refractivity contribution in [1.29, 1.82) is 0 Å². The van der Waals surface area contributed by atoms with Gasteiger partial charge in [-0.1, -0.05) is 23.2 Å². The first-order valence-electron chi connectivity index (χ1n) is 11.7. The second-order valence-electron chi connectivity index (χ2n) is 9.26. The first-order chi connectivity index (χ1) is 18.0. The van der Waals surface area contributed by atoms with Gasteiger partial charge < -0.3 is 20.0 Å². The summed E-state index contributed by atoms with van der Waals surface area (Å²) in [6.45, 7) is -1.61. The van der Waals surface area contributed by atoms with Crippen LogP contribution in [0.25, 0.3) is 0 Å². The van der Waals surface area contributed by atoms with Crippen LogP contribution in [0.4, 0.5) is 24.5 Å². The van der Waals surface area contributed by atoms with E-state index in [9.17, 15) is 28.6 Å². The normalized spacial score (nSPS) is 20.6. The van der Waals surface area contributed by atoms with Crippen LogP contribution in [0.1, 0.15) is 38.3 Å². The molecule has 0 fully saturated rings. The fraction of sp³-hybridized carbons (Fsp3) is 0.259. The Labute approximate surface area is 225 Å². The number of hydrogen-bond acceptors (Lipinski definition) is 4. The Balaban J connectivity index is 1.49. The summed E-state index contributed by atoms with van der Waals surface area (Å²) in [4.78, 5) is 28.8. The van der Waals surface area contributed by atoms with Crippen LogP contribution in [0.2, 0.25) is 10.0 Å². The Kier molecular flexibility index (Phi) is 6.67. The lowest BCUT2D eigenvalue weighted by Crippen LogP contribution is -2.48. The lowest BCUT2D eigenvalue weighted by atomic mass is 9.86. The molecule has 1 atom stereocenters. The minimum Gasteiger partial charge on any atom is -0.393 e. The molecule has 11 heteroatoms. The summed E-state index contributed by atoms with van der Waals surface area (Å²) < 4.78 is 45.2. The number of rotatable bonds is 3. The van der Waals surface area contributed by atoms with Crippen molar-refractivity contribution in [2.45, 2.75) is 24.4 Å². The number of hydrogen-bond donors (Lipinski definition) is 2. The summed E-state index contributed by atoms with van der Waals surface area (Å²) in [5.74, 6) is -6.04.